The lowest BCUT2D eigenvalue weighted by Crippen LogP contribution is -2.41. The number of carbonyl (C=O) groups excluding carboxylic acids is 1. The molecule has 17 heavy (non-hydrogen) atoms. The van der Waals surface area contributed by atoms with Crippen molar-refractivity contribution in [3.05, 3.63) is 0 Å². The van der Waals surface area contributed by atoms with E-state index in [-0.39, 0.29) is 18.1 Å². The van der Waals surface area contributed by atoms with Gasteiger partial charge in [0.05, 0.1) is 6.10 Å². The minimum Gasteiger partial charge on any atom is -0.365 e. The van der Waals surface area contributed by atoms with Gasteiger partial charge < -0.3 is 15.8 Å². The molecule has 1 fully saturated rings. The standard InChI is InChI=1S/C13H26N2O2/c1-3-8-15-13(16)10(2)17-12-7-5-4-6-11(12)9-14/h10-12H,3-9,14H2,1-2H3,(H,15,16). The fraction of sp³-hybridized carbons (Fsp3) is 0.923. The molecule has 1 saturated carbocycles. The Morgan fingerprint density at radius 2 is 2.18 bits per heavy atom. The van der Waals surface area contributed by atoms with Crippen molar-refractivity contribution in [3.63, 3.8) is 0 Å². The number of hydrogen-bond acceptors (Lipinski definition) is 3. The van der Waals surface area contributed by atoms with Crippen LogP contribution in [0.2, 0.25) is 0 Å². The molecule has 100 valence electrons. The number of nitrogens with one attached hydrogen (secondary N) is 1. The minimum absolute atomic E-state index is 0.00630. The van der Waals surface area contributed by atoms with Gasteiger partial charge in [0.15, 0.2) is 0 Å². The largest absolute Gasteiger partial charge is 0.365 e. The summed E-state index contributed by atoms with van der Waals surface area (Å²) in [6.07, 6.45) is 5.34. The molecular formula is C13H26N2O2. The number of nitrogens with two attached hydrogens (primary N) is 1. The lowest BCUT2D eigenvalue weighted by molar-refractivity contribution is -0.139. The van der Waals surface area contributed by atoms with Gasteiger partial charge in [0, 0.05) is 6.54 Å². The maximum atomic E-state index is 11.7. The topological polar surface area (TPSA) is 64.3 Å². The minimum atomic E-state index is -0.362. The monoisotopic (exact) mass is 242 g/mol. The quantitative estimate of drug-likeness (QED) is 0.740. The highest BCUT2D eigenvalue weighted by atomic mass is 16.5. The average Bonchev–Trinajstić information content (AvgIpc) is 2.36. The van der Waals surface area contributed by atoms with Crippen LogP contribution in [0.15, 0.2) is 0 Å². The summed E-state index contributed by atoms with van der Waals surface area (Å²) in [5, 5.41) is 2.86. The maximum absolute atomic E-state index is 11.7. The highest BCUT2D eigenvalue weighted by Gasteiger charge is 2.27. The van der Waals surface area contributed by atoms with Gasteiger partial charge in [-0.1, -0.05) is 19.8 Å². The zero-order chi connectivity index (χ0) is 12.7. The van der Waals surface area contributed by atoms with Crippen molar-refractivity contribution in [2.24, 2.45) is 11.7 Å². The molecule has 4 nitrogen and oxygen atoms in total. The highest BCUT2D eigenvalue weighted by molar-refractivity contribution is 5.80. The van der Waals surface area contributed by atoms with Gasteiger partial charge in [-0.15, -0.1) is 0 Å². The van der Waals surface area contributed by atoms with E-state index in [2.05, 4.69) is 5.32 Å². The zero-order valence-electron chi connectivity index (χ0n) is 11.1. The summed E-state index contributed by atoms with van der Waals surface area (Å²) in [4.78, 5) is 11.7. The molecule has 1 aliphatic rings. The second-order valence-corrected chi connectivity index (χ2v) is 4.89. The Balaban J connectivity index is 2.37. The third-order valence-electron chi connectivity index (χ3n) is 3.44. The Morgan fingerprint density at radius 3 is 2.82 bits per heavy atom. The van der Waals surface area contributed by atoms with E-state index in [0.29, 0.717) is 12.5 Å². The number of ether oxygens (including phenoxy) is 1. The first-order chi connectivity index (χ1) is 8.19. The normalized spacial score (nSPS) is 26.5. The van der Waals surface area contributed by atoms with Gasteiger partial charge in [-0.3, -0.25) is 4.79 Å². The molecule has 0 aromatic carbocycles. The Morgan fingerprint density at radius 1 is 1.47 bits per heavy atom. The average molecular weight is 242 g/mol. The number of hydrogen-bond donors (Lipinski definition) is 2. The first kappa shape index (κ1) is 14.5. The van der Waals surface area contributed by atoms with E-state index in [1.165, 1.54) is 12.8 Å². The first-order valence-electron chi connectivity index (χ1n) is 6.82. The lowest BCUT2D eigenvalue weighted by Gasteiger charge is -2.32. The van der Waals surface area contributed by atoms with Crippen LogP contribution in [0.3, 0.4) is 0 Å². The van der Waals surface area contributed by atoms with Crippen LogP contribution in [0, 0.1) is 5.92 Å². The molecule has 0 aromatic heterocycles. The Hall–Kier alpha value is -0.610. The van der Waals surface area contributed by atoms with Crippen LogP contribution >= 0.6 is 0 Å². The zero-order valence-corrected chi connectivity index (χ0v) is 11.1. The third kappa shape index (κ3) is 4.64. The molecule has 0 spiro atoms. The van der Waals surface area contributed by atoms with Gasteiger partial charge in [0.25, 0.3) is 0 Å². The molecule has 0 heterocycles. The van der Waals surface area contributed by atoms with E-state index in [0.717, 1.165) is 25.8 Å². The second kappa shape index (κ2) is 7.67. The van der Waals surface area contributed by atoms with Crippen molar-refractivity contribution < 1.29 is 9.53 Å². The smallest absolute Gasteiger partial charge is 0.248 e. The van der Waals surface area contributed by atoms with Crippen molar-refractivity contribution in [3.8, 4) is 0 Å². The van der Waals surface area contributed by atoms with Gasteiger partial charge >= 0.3 is 0 Å². The van der Waals surface area contributed by atoms with E-state index in [9.17, 15) is 4.79 Å². The first-order valence-corrected chi connectivity index (χ1v) is 6.82. The van der Waals surface area contributed by atoms with E-state index in [1.807, 2.05) is 13.8 Å². The van der Waals surface area contributed by atoms with Crippen molar-refractivity contribution in [2.45, 2.75) is 58.2 Å². The highest BCUT2D eigenvalue weighted by Crippen LogP contribution is 2.26. The summed E-state index contributed by atoms with van der Waals surface area (Å²) in [5.74, 6) is 0.415. The summed E-state index contributed by atoms with van der Waals surface area (Å²) in [7, 11) is 0. The molecule has 0 radical (unpaired) electrons. The van der Waals surface area contributed by atoms with Crippen molar-refractivity contribution >= 4 is 5.91 Å². The molecule has 0 aliphatic heterocycles. The molecule has 1 rings (SSSR count). The Kier molecular flexibility index (Phi) is 6.52. The fourth-order valence-corrected chi connectivity index (χ4v) is 2.34. The molecule has 3 unspecified atom stereocenters. The summed E-state index contributed by atoms with van der Waals surface area (Å²) in [5.41, 5.74) is 5.75. The van der Waals surface area contributed by atoms with Gasteiger partial charge in [-0.05, 0) is 38.6 Å². The summed E-state index contributed by atoms with van der Waals surface area (Å²) in [6.45, 7) is 5.25. The summed E-state index contributed by atoms with van der Waals surface area (Å²) >= 11 is 0. The van der Waals surface area contributed by atoms with Gasteiger partial charge in [0.1, 0.15) is 6.10 Å². The molecule has 3 N–H and O–H groups in total. The lowest BCUT2D eigenvalue weighted by atomic mass is 9.86. The van der Waals surface area contributed by atoms with E-state index < -0.39 is 0 Å². The molecule has 1 aliphatic carbocycles. The van der Waals surface area contributed by atoms with Gasteiger partial charge in [0.2, 0.25) is 5.91 Å². The number of rotatable bonds is 6. The predicted octanol–water partition coefficient (Wildman–Crippen LogP) is 1.44. The fourth-order valence-electron chi connectivity index (χ4n) is 2.34. The molecule has 0 saturated heterocycles. The Labute approximate surface area is 104 Å². The van der Waals surface area contributed by atoms with Crippen LogP contribution in [0.25, 0.3) is 0 Å². The van der Waals surface area contributed by atoms with E-state index in [4.69, 9.17) is 10.5 Å². The van der Waals surface area contributed by atoms with E-state index >= 15 is 0 Å². The molecule has 0 bridgehead atoms. The van der Waals surface area contributed by atoms with Gasteiger partial charge in [-0.2, -0.15) is 0 Å². The SMILES string of the molecule is CCCNC(=O)C(C)OC1CCCCC1CN. The predicted molar refractivity (Wildman–Crippen MR) is 68.6 cm³/mol. The van der Waals surface area contributed by atoms with Crippen LogP contribution in [0.5, 0.6) is 0 Å². The summed E-state index contributed by atoms with van der Waals surface area (Å²) < 4.78 is 5.86. The molecule has 1 amide bonds. The van der Waals surface area contributed by atoms with Crippen molar-refractivity contribution in [1.29, 1.82) is 0 Å². The maximum Gasteiger partial charge on any atom is 0.248 e. The van der Waals surface area contributed by atoms with E-state index in [1.54, 1.807) is 0 Å². The molecule has 0 aromatic rings. The number of amides is 1. The number of carbonyl (C=O) groups is 1. The van der Waals surface area contributed by atoms with Crippen LogP contribution in [0.4, 0.5) is 0 Å². The third-order valence-corrected chi connectivity index (χ3v) is 3.44. The van der Waals surface area contributed by atoms with Crippen molar-refractivity contribution in [2.75, 3.05) is 13.1 Å². The molecule has 3 atom stereocenters. The van der Waals surface area contributed by atoms with Crippen LogP contribution in [-0.4, -0.2) is 31.2 Å². The molecular weight excluding hydrogens is 216 g/mol. The second-order valence-electron chi connectivity index (χ2n) is 4.89. The summed E-state index contributed by atoms with van der Waals surface area (Å²) in [6, 6.07) is 0. The molecule has 4 heteroatoms. The Bertz CT molecular complexity index is 233. The van der Waals surface area contributed by atoms with Gasteiger partial charge in [-0.25, -0.2) is 0 Å². The van der Waals surface area contributed by atoms with Crippen LogP contribution in [0.1, 0.15) is 46.0 Å². The van der Waals surface area contributed by atoms with Crippen LogP contribution in [-0.2, 0) is 9.53 Å². The van der Waals surface area contributed by atoms with Crippen molar-refractivity contribution in [1.82, 2.24) is 5.32 Å². The van der Waals surface area contributed by atoms with Crippen LogP contribution < -0.4 is 11.1 Å².